The molecule has 132 valence electrons. The largest absolute Gasteiger partial charge is 0.463 e. The number of rotatable bonds is 6. The van der Waals surface area contributed by atoms with Gasteiger partial charge in [-0.1, -0.05) is 12.1 Å². The van der Waals surface area contributed by atoms with Gasteiger partial charge in [-0.05, 0) is 19.1 Å². The molecule has 0 bridgehead atoms. The molecule has 2 unspecified atom stereocenters. The zero-order chi connectivity index (χ0) is 18.8. The second-order valence-corrected chi connectivity index (χ2v) is 6.60. The van der Waals surface area contributed by atoms with Gasteiger partial charge in [-0.25, -0.2) is 9.80 Å². The highest BCUT2D eigenvalue weighted by molar-refractivity contribution is 8.01. The van der Waals surface area contributed by atoms with Gasteiger partial charge >= 0.3 is 6.09 Å². The number of benzene rings is 1. The number of hydrogen-bond acceptors (Lipinski definition) is 7. The van der Waals surface area contributed by atoms with E-state index in [1.54, 1.807) is 24.3 Å². The van der Waals surface area contributed by atoms with Gasteiger partial charge in [0.15, 0.2) is 5.54 Å². The first-order chi connectivity index (χ1) is 11.7. The molecule has 10 heteroatoms. The van der Waals surface area contributed by atoms with Crippen LogP contribution >= 0.6 is 11.8 Å². The van der Waals surface area contributed by atoms with E-state index in [1.807, 2.05) is 0 Å². The highest BCUT2D eigenvalue weighted by atomic mass is 32.2. The van der Waals surface area contributed by atoms with E-state index in [0.29, 0.717) is 16.7 Å². The van der Waals surface area contributed by atoms with Crippen LogP contribution < -0.4 is 0 Å². The van der Waals surface area contributed by atoms with E-state index in [0.717, 1.165) is 11.2 Å². The molecule has 2 rings (SSSR count). The quantitative estimate of drug-likeness (QED) is 0.229. The summed E-state index contributed by atoms with van der Waals surface area (Å²) in [5.41, 5.74) is -1.34. The number of hydrogen-bond donors (Lipinski definition) is 3. The monoisotopic (exact) mass is 364 g/mol. The predicted octanol–water partition coefficient (Wildman–Crippen LogP) is 1.30. The fourth-order valence-corrected chi connectivity index (χ4v) is 3.11. The first kappa shape index (κ1) is 18.6. The van der Waals surface area contributed by atoms with E-state index >= 15 is 0 Å². The molecule has 9 nitrogen and oxygen atoms in total. The van der Waals surface area contributed by atoms with E-state index in [2.05, 4.69) is 5.10 Å². The Morgan fingerprint density at radius 2 is 2.04 bits per heavy atom. The molecule has 1 aliphatic heterocycles. The summed E-state index contributed by atoms with van der Waals surface area (Å²) < 4.78 is 0. The van der Waals surface area contributed by atoms with Crippen LogP contribution in [0.3, 0.4) is 0 Å². The number of likely N-dealkylation sites (N-methyl/N-ethyl adjacent to an activating group) is 1. The van der Waals surface area contributed by atoms with Crippen LogP contribution in [0.1, 0.15) is 12.5 Å². The lowest BCUT2D eigenvalue weighted by Crippen LogP contribution is -2.58. The van der Waals surface area contributed by atoms with Crippen LogP contribution in [0.25, 0.3) is 0 Å². The Morgan fingerprint density at radius 3 is 2.52 bits per heavy atom. The van der Waals surface area contributed by atoms with Gasteiger partial charge < -0.3 is 15.3 Å². The topological polar surface area (TPSA) is 134 Å². The number of nitrogens with zero attached hydrogens (tertiary/aromatic N) is 3. The van der Waals surface area contributed by atoms with E-state index in [-0.39, 0.29) is 10.8 Å². The van der Waals surface area contributed by atoms with Gasteiger partial charge in [0, 0.05) is 23.7 Å². The van der Waals surface area contributed by atoms with Crippen LogP contribution in [0.4, 0.5) is 4.79 Å². The van der Waals surface area contributed by atoms with Gasteiger partial charge in [0.2, 0.25) is 0 Å². The van der Waals surface area contributed by atoms with Crippen molar-refractivity contribution in [2.75, 3.05) is 7.05 Å². The summed E-state index contributed by atoms with van der Waals surface area (Å²) in [6.07, 6.45) is -0.00685. The van der Waals surface area contributed by atoms with Crippen LogP contribution in [0.5, 0.6) is 0 Å². The number of carboxylic acid groups (broad SMARTS) is 1. The van der Waals surface area contributed by atoms with Crippen molar-refractivity contribution in [3.63, 3.8) is 0 Å². The first-order valence-electron chi connectivity index (χ1n) is 7.08. The Hall–Kier alpha value is -2.72. The van der Waals surface area contributed by atoms with Crippen molar-refractivity contribution in [2.45, 2.75) is 22.6 Å². The number of aldehydes is 1. The van der Waals surface area contributed by atoms with Crippen molar-refractivity contribution in [1.29, 1.82) is 5.41 Å². The maximum absolute atomic E-state index is 12.3. The molecule has 3 N–H and O–H groups in total. The molecule has 1 heterocycles. The summed E-state index contributed by atoms with van der Waals surface area (Å²) in [7, 11) is 1.37. The average Bonchev–Trinajstić information content (AvgIpc) is 2.84. The van der Waals surface area contributed by atoms with Gasteiger partial charge in [0.1, 0.15) is 12.0 Å². The first-order valence-corrected chi connectivity index (χ1v) is 7.96. The van der Waals surface area contributed by atoms with Crippen LogP contribution in [0.2, 0.25) is 0 Å². The zero-order valence-corrected chi connectivity index (χ0v) is 14.2. The number of hydrazone groups is 1. The minimum Gasteiger partial charge on any atom is -0.463 e. The second kappa shape index (κ2) is 7.03. The molecule has 0 spiro atoms. The lowest BCUT2D eigenvalue weighted by Gasteiger charge is -2.29. The molecule has 0 fully saturated rings. The Labute approximate surface area is 147 Å². The van der Waals surface area contributed by atoms with Crippen molar-refractivity contribution in [1.82, 2.24) is 10.1 Å². The average molecular weight is 364 g/mol. The summed E-state index contributed by atoms with van der Waals surface area (Å²) in [5.74, 6) is -0.685. The van der Waals surface area contributed by atoms with E-state index in [4.69, 9.17) is 10.5 Å². The van der Waals surface area contributed by atoms with Gasteiger partial charge in [-0.15, -0.1) is 11.8 Å². The molecular weight excluding hydrogens is 348 g/mol. The minimum atomic E-state index is -1.87. The van der Waals surface area contributed by atoms with Crippen molar-refractivity contribution in [3.8, 4) is 0 Å². The number of carbonyl (C=O) groups is 3. The summed E-state index contributed by atoms with van der Waals surface area (Å²) in [6.45, 7) is 1.27. The van der Waals surface area contributed by atoms with Crippen molar-refractivity contribution in [2.24, 2.45) is 5.10 Å². The van der Waals surface area contributed by atoms with Crippen molar-refractivity contribution >= 4 is 42.0 Å². The fraction of sp³-hybridized carbons (Fsp3) is 0.267. The summed E-state index contributed by atoms with van der Waals surface area (Å²) in [6, 6.07) is 6.53. The van der Waals surface area contributed by atoms with Gasteiger partial charge in [0.05, 0.1) is 5.25 Å². The molecule has 1 aromatic carbocycles. The maximum Gasteiger partial charge on any atom is 0.432 e. The smallest absolute Gasteiger partial charge is 0.432 e. The molecule has 2 atom stereocenters. The van der Waals surface area contributed by atoms with Crippen LogP contribution in [-0.2, 0) is 9.59 Å². The summed E-state index contributed by atoms with van der Waals surface area (Å²) in [5, 5.41) is 30.5. The number of carbonyl (C=O) groups excluding carboxylic acids is 2. The lowest BCUT2D eigenvalue weighted by molar-refractivity contribution is -0.156. The highest BCUT2D eigenvalue weighted by Gasteiger charge is 2.53. The number of nitrogens with one attached hydrogen (secondary N) is 1. The predicted molar refractivity (Wildman–Crippen MR) is 90.3 cm³/mol. The highest BCUT2D eigenvalue weighted by Crippen LogP contribution is 2.30. The molecule has 0 radical (unpaired) electrons. The van der Waals surface area contributed by atoms with Crippen molar-refractivity contribution < 1.29 is 24.7 Å². The van der Waals surface area contributed by atoms with E-state index in [1.165, 1.54) is 25.7 Å². The SMILES string of the molecule is CN1N=C(c2ccc(SC(C=N)C=O)cc2)C(C)(N(O)C(=O)O)C1=O. The summed E-state index contributed by atoms with van der Waals surface area (Å²) >= 11 is 1.17. The molecule has 0 aliphatic carbocycles. The number of thioether (sulfide) groups is 1. The molecule has 0 aromatic heterocycles. The van der Waals surface area contributed by atoms with Crippen LogP contribution in [0, 0.1) is 5.41 Å². The molecule has 1 aliphatic rings. The van der Waals surface area contributed by atoms with Gasteiger partial charge in [-0.3, -0.25) is 10.0 Å². The zero-order valence-electron chi connectivity index (χ0n) is 13.4. The standard InChI is InChI=1S/C15H16N4O5S/c1-15(19(24)14(22)23)12(17-18(2)13(15)21)9-3-5-10(6-4-9)25-11(7-16)8-20/h3-8,11,16,24H,1-2H3,(H,22,23). The normalized spacial score (nSPS) is 20.8. The maximum atomic E-state index is 12.3. The number of amides is 2. The molecule has 0 saturated heterocycles. The Bertz CT molecular complexity index is 743. The molecule has 1 aromatic rings. The Morgan fingerprint density at radius 1 is 1.44 bits per heavy atom. The third-order valence-corrected chi connectivity index (χ3v) is 4.79. The summed E-state index contributed by atoms with van der Waals surface area (Å²) in [4.78, 5) is 35.0. The molecule has 0 saturated carbocycles. The van der Waals surface area contributed by atoms with Crippen LogP contribution in [0.15, 0.2) is 34.3 Å². The Kier molecular flexibility index (Phi) is 5.24. The third-order valence-electron chi connectivity index (χ3n) is 3.72. The Balaban J connectivity index is 2.37. The van der Waals surface area contributed by atoms with Crippen LogP contribution in [-0.4, -0.2) is 68.4 Å². The number of hydroxylamine groups is 2. The fourth-order valence-electron chi connectivity index (χ4n) is 2.38. The molecule has 2 amide bonds. The lowest BCUT2D eigenvalue weighted by atomic mass is 9.90. The molecule has 25 heavy (non-hydrogen) atoms. The minimum absolute atomic E-state index is 0.0577. The van der Waals surface area contributed by atoms with Gasteiger partial charge in [-0.2, -0.15) is 10.2 Å². The molecular formula is C15H16N4O5S. The second-order valence-electron chi connectivity index (χ2n) is 5.35. The van der Waals surface area contributed by atoms with E-state index < -0.39 is 22.8 Å². The van der Waals surface area contributed by atoms with E-state index in [9.17, 15) is 19.6 Å². The third kappa shape index (κ3) is 3.26. The van der Waals surface area contributed by atoms with Crippen molar-refractivity contribution in [3.05, 3.63) is 29.8 Å². The van der Waals surface area contributed by atoms with Gasteiger partial charge in [0.25, 0.3) is 5.91 Å².